The van der Waals surface area contributed by atoms with E-state index in [1.165, 1.54) is 31.4 Å². The van der Waals surface area contributed by atoms with Gasteiger partial charge in [-0.15, -0.1) is 0 Å². The molecule has 0 bridgehead atoms. The number of rotatable bonds is 6. The summed E-state index contributed by atoms with van der Waals surface area (Å²) in [5.41, 5.74) is 5.79. The Morgan fingerprint density at radius 1 is 1.33 bits per heavy atom. The van der Waals surface area contributed by atoms with Crippen molar-refractivity contribution in [1.29, 1.82) is 0 Å². The lowest BCUT2D eigenvalue weighted by atomic mass is 9.98. The molecule has 21 heavy (non-hydrogen) atoms. The number of benzene rings is 1. The van der Waals surface area contributed by atoms with Gasteiger partial charge in [-0.3, -0.25) is 4.79 Å². The monoisotopic (exact) mass is 294 g/mol. The third-order valence-electron chi connectivity index (χ3n) is 3.75. The van der Waals surface area contributed by atoms with E-state index in [1.807, 2.05) is 0 Å². The van der Waals surface area contributed by atoms with Gasteiger partial charge >= 0.3 is 0 Å². The van der Waals surface area contributed by atoms with Crippen LogP contribution in [0.1, 0.15) is 48.9 Å². The highest BCUT2D eigenvalue weighted by Crippen LogP contribution is 2.20. The molecule has 0 aromatic heterocycles. The lowest BCUT2D eigenvalue weighted by molar-refractivity contribution is 0.0273. The summed E-state index contributed by atoms with van der Waals surface area (Å²) in [6, 6.07) is 4.07. The van der Waals surface area contributed by atoms with Gasteiger partial charge in [-0.05, 0) is 37.5 Å². The Morgan fingerprint density at radius 3 is 2.81 bits per heavy atom. The summed E-state index contributed by atoms with van der Waals surface area (Å²) < 4.78 is 19.3. The maximum Gasteiger partial charge on any atom is 0.254 e. The van der Waals surface area contributed by atoms with Gasteiger partial charge < -0.3 is 15.8 Å². The highest BCUT2D eigenvalue weighted by molar-refractivity contribution is 5.94. The quantitative estimate of drug-likeness (QED) is 0.626. The molecular formula is C16H23FN2O2. The van der Waals surface area contributed by atoms with E-state index in [-0.39, 0.29) is 5.56 Å². The van der Waals surface area contributed by atoms with Crippen molar-refractivity contribution in [3.8, 4) is 0 Å². The summed E-state index contributed by atoms with van der Waals surface area (Å²) in [5.74, 6) is -1.00. The van der Waals surface area contributed by atoms with Crippen LogP contribution in [0.15, 0.2) is 18.2 Å². The van der Waals surface area contributed by atoms with Crippen molar-refractivity contribution in [1.82, 2.24) is 5.32 Å². The summed E-state index contributed by atoms with van der Waals surface area (Å²) in [7, 11) is 0. The van der Waals surface area contributed by atoms with Gasteiger partial charge in [0, 0.05) is 18.8 Å². The van der Waals surface area contributed by atoms with Crippen LogP contribution in [-0.2, 0) is 4.74 Å². The van der Waals surface area contributed by atoms with Crippen molar-refractivity contribution in [2.24, 2.45) is 0 Å². The summed E-state index contributed by atoms with van der Waals surface area (Å²) in [6.07, 6.45) is 7.20. The van der Waals surface area contributed by atoms with E-state index in [1.54, 1.807) is 0 Å². The normalized spacial score (nSPS) is 15.9. The Labute approximate surface area is 124 Å². The molecule has 0 saturated heterocycles. The molecular weight excluding hydrogens is 271 g/mol. The highest BCUT2D eigenvalue weighted by Gasteiger charge is 2.14. The van der Waals surface area contributed by atoms with Gasteiger partial charge in [-0.1, -0.05) is 19.3 Å². The van der Waals surface area contributed by atoms with Gasteiger partial charge in [0.05, 0.1) is 11.7 Å². The van der Waals surface area contributed by atoms with E-state index in [9.17, 15) is 9.18 Å². The van der Waals surface area contributed by atoms with Crippen molar-refractivity contribution < 1.29 is 13.9 Å². The molecule has 5 heteroatoms. The highest BCUT2D eigenvalue weighted by atomic mass is 19.1. The standard InChI is InChI=1S/C16H23FN2O2/c17-15-11-12(18)7-8-14(15)16(20)19-9-4-10-21-13-5-2-1-3-6-13/h7-8,11,13H,1-6,9-10,18H2,(H,19,20). The molecule has 1 aromatic carbocycles. The summed E-state index contributed by atoms with van der Waals surface area (Å²) in [4.78, 5) is 11.8. The van der Waals surface area contributed by atoms with Crippen LogP contribution in [0.25, 0.3) is 0 Å². The van der Waals surface area contributed by atoms with Crippen molar-refractivity contribution in [2.75, 3.05) is 18.9 Å². The van der Waals surface area contributed by atoms with Crippen molar-refractivity contribution in [3.63, 3.8) is 0 Å². The predicted molar refractivity (Wildman–Crippen MR) is 80.6 cm³/mol. The zero-order valence-corrected chi connectivity index (χ0v) is 12.2. The minimum absolute atomic E-state index is 0.0254. The fourth-order valence-electron chi connectivity index (χ4n) is 2.57. The average molecular weight is 294 g/mol. The lowest BCUT2D eigenvalue weighted by Gasteiger charge is -2.21. The molecule has 1 aromatic rings. The third kappa shape index (κ3) is 5.01. The van der Waals surface area contributed by atoms with E-state index in [0.29, 0.717) is 24.9 Å². The minimum atomic E-state index is -0.592. The summed E-state index contributed by atoms with van der Waals surface area (Å²) in [5, 5.41) is 2.70. The first-order valence-electron chi connectivity index (χ1n) is 7.61. The van der Waals surface area contributed by atoms with Crippen LogP contribution in [0.4, 0.5) is 10.1 Å². The molecule has 4 nitrogen and oxygen atoms in total. The number of halogens is 1. The predicted octanol–water partition coefficient (Wildman–Crippen LogP) is 2.88. The van der Waals surface area contributed by atoms with Crippen LogP contribution in [0.5, 0.6) is 0 Å². The Balaban J connectivity index is 1.64. The van der Waals surface area contributed by atoms with E-state index in [4.69, 9.17) is 10.5 Å². The van der Waals surface area contributed by atoms with E-state index in [2.05, 4.69) is 5.32 Å². The van der Waals surface area contributed by atoms with Crippen LogP contribution >= 0.6 is 0 Å². The first-order valence-corrected chi connectivity index (χ1v) is 7.61. The SMILES string of the molecule is Nc1ccc(C(=O)NCCCOC2CCCCC2)c(F)c1. The van der Waals surface area contributed by atoms with Crippen LogP contribution in [0, 0.1) is 5.82 Å². The van der Waals surface area contributed by atoms with Crippen molar-refractivity contribution >= 4 is 11.6 Å². The Kier molecular flexibility index (Phi) is 5.99. The third-order valence-corrected chi connectivity index (χ3v) is 3.75. The first kappa shape index (κ1) is 15.8. The number of hydrogen-bond acceptors (Lipinski definition) is 3. The Bertz CT molecular complexity index is 473. The number of carbonyl (C=O) groups is 1. The molecule has 0 unspecified atom stereocenters. The van der Waals surface area contributed by atoms with Gasteiger partial charge in [-0.2, -0.15) is 0 Å². The maximum atomic E-state index is 13.6. The molecule has 1 saturated carbocycles. The van der Waals surface area contributed by atoms with E-state index in [0.717, 1.165) is 25.3 Å². The summed E-state index contributed by atoms with van der Waals surface area (Å²) >= 11 is 0. The molecule has 1 fully saturated rings. The number of nitrogen functional groups attached to an aromatic ring is 1. The van der Waals surface area contributed by atoms with Gasteiger partial charge in [0.15, 0.2) is 0 Å². The molecule has 116 valence electrons. The number of amides is 1. The number of nitrogens with one attached hydrogen (secondary N) is 1. The van der Waals surface area contributed by atoms with Crippen molar-refractivity contribution in [2.45, 2.75) is 44.6 Å². The second kappa shape index (κ2) is 7.98. The fraction of sp³-hybridized carbons (Fsp3) is 0.562. The number of anilines is 1. The molecule has 0 radical (unpaired) electrons. The van der Waals surface area contributed by atoms with Crippen LogP contribution in [-0.4, -0.2) is 25.2 Å². The smallest absolute Gasteiger partial charge is 0.254 e. The van der Waals surface area contributed by atoms with Gasteiger partial charge in [-0.25, -0.2) is 4.39 Å². The van der Waals surface area contributed by atoms with E-state index >= 15 is 0 Å². The van der Waals surface area contributed by atoms with Gasteiger partial charge in [0.2, 0.25) is 0 Å². The number of hydrogen-bond donors (Lipinski definition) is 2. The van der Waals surface area contributed by atoms with Gasteiger partial charge in [0.25, 0.3) is 5.91 Å². The molecule has 0 spiro atoms. The first-order chi connectivity index (χ1) is 10.2. The van der Waals surface area contributed by atoms with Crippen molar-refractivity contribution in [3.05, 3.63) is 29.6 Å². The number of carbonyl (C=O) groups excluding carboxylic acids is 1. The topological polar surface area (TPSA) is 64.4 Å². The zero-order valence-electron chi connectivity index (χ0n) is 12.2. The maximum absolute atomic E-state index is 13.6. The minimum Gasteiger partial charge on any atom is -0.399 e. The number of ether oxygens (including phenoxy) is 1. The molecule has 2 rings (SSSR count). The molecule has 1 aliphatic rings. The fourth-order valence-corrected chi connectivity index (χ4v) is 2.57. The Hall–Kier alpha value is -1.62. The molecule has 1 aliphatic carbocycles. The zero-order chi connectivity index (χ0) is 15.1. The molecule has 1 amide bonds. The molecule has 0 atom stereocenters. The second-order valence-electron chi connectivity index (χ2n) is 5.48. The van der Waals surface area contributed by atoms with Crippen LogP contribution in [0.3, 0.4) is 0 Å². The number of nitrogens with two attached hydrogens (primary N) is 1. The Morgan fingerprint density at radius 2 is 2.10 bits per heavy atom. The molecule has 3 N–H and O–H groups in total. The lowest BCUT2D eigenvalue weighted by Crippen LogP contribution is -2.27. The average Bonchev–Trinajstić information content (AvgIpc) is 2.47. The van der Waals surface area contributed by atoms with Gasteiger partial charge in [0.1, 0.15) is 5.82 Å². The van der Waals surface area contributed by atoms with E-state index < -0.39 is 11.7 Å². The van der Waals surface area contributed by atoms with Crippen LogP contribution < -0.4 is 11.1 Å². The summed E-state index contributed by atoms with van der Waals surface area (Å²) in [6.45, 7) is 1.12. The molecule has 0 heterocycles. The second-order valence-corrected chi connectivity index (χ2v) is 5.48. The van der Waals surface area contributed by atoms with Crippen LogP contribution in [0.2, 0.25) is 0 Å². The molecule has 0 aliphatic heterocycles. The largest absolute Gasteiger partial charge is 0.399 e.